The van der Waals surface area contributed by atoms with Crippen LogP contribution in [0.5, 0.6) is 0 Å². The van der Waals surface area contributed by atoms with Crippen molar-refractivity contribution >= 4 is 5.69 Å². The molecule has 1 aromatic carbocycles. The van der Waals surface area contributed by atoms with E-state index in [1.54, 1.807) is 0 Å². The van der Waals surface area contributed by atoms with Gasteiger partial charge in [-0.15, -0.1) is 0 Å². The molecule has 0 spiro atoms. The van der Waals surface area contributed by atoms with Gasteiger partial charge in [0.15, 0.2) is 0 Å². The molecule has 3 aliphatic rings. The van der Waals surface area contributed by atoms with Gasteiger partial charge in [-0.05, 0) is 56.3 Å². The third kappa shape index (κ3) is 2.69. The number of fused-ring (bicyclic) bond motifs is 2. The summed E-state index contributed by atoms with van der Waals surface area (Å²) >= 11 is 0. The fourth-order valence-electron chi connectivity index (χ4n) is 4.33. The number of benzene rings is 1. The van der Waals surface area contributed by atoms with Gasteiger partial charge in [0, 0.05) is 44.0 Å². The minimum atomic E-state index is 0.688. The molecule has 0 aromatic heterocycles. The Balaban J connectivity index is 1.47. The minimum Gasteiger partial charge on any atom is -0.385 e. The molecule has 1 N–H and O–H groups in total. The molecule has 114 valence electrons. The van der Waals surface area contributed by atoms with E-state index < -0.39 is 0 Å². The summed E-state index contributed by atoms with van der Waals surface area (Å²) in [6, 6.07) is 8.56. The summed E-state index contributed by atoms with van der Waals surface area (Å²) in [5, 5.41) is 3.51. The molecule has 3 heterocycles. The van der Waals surface area contributed by atoms with Crippen LogP contribution in [-0.4, -0.2) is 48.1 Å². The molecule has 3 nitrogen and oxygen atoms in total. The van der Waals surface area contributed by atoms with Gasteiger partial charge in [-0.2, -0.15) is 0 Å². The molecular weight excluding hydrogens is 258 g/mol. The number of anilines is 1. The van der Waals surface area contributed by atoms with Crippen LogP contribution < -0.4 is 5.32 Å². The zero-order valence-electron chi connectivity index (χ0n) is 13.1. The van der Waals surface area contributed by atoms with Gasteiger partial charge in [0.1, 0.15) is 0 Å². The van der Waals surface area contributed by atoms with Crippen molar-refractivity contribution in [3.8, 4) is 0 Å². The van der Waals surface area contributed by atoms with Crippen LogP contribution >= 0.6 is 0 Å². The molecule has 1 aromatic rings. The van der Waals surface area contributed by atoms with Crippen molar-refractivity contribution < 1.29 is 0 Å². The van der Waals surface area contributed by atoms with Crippen LogP contribution in [0, 0.1) is 0 Å². The van der Waals surface area contributed by atoms with Crippen LogP contribution in [0.15, 0.2) is 18.2 Å². The summed E-state index contributed by atoms with van der Waals surface area (Å²) in [6.45, 7) is 8.50. The molecule has 0 saturated carbocycles. The monoisotopic (exact) mass is 285 g/mol. The quantitative estimate of drug-likeness (QED) is 0.901. The Morgan fingerprint density at radius 1 is 1.24 bits per heavy atom. The predicted octanol–water partition coefficient (Wildman–Crippen LogP) is 2.71. The second-order valence-electron chi connectivity index (χ2n) is 7.09. The van der Waals surface area contributed by atoms with E-state index in [0.29, 0.717) is 6.04 Å². The first-order valence-corrected chi connectivity index (χ1v) is 8.63. The summed E-state index contributed by atoms with van der Waals surface area (Å²) in [5.74, 6) is 0. The average molecular weight is 285 g/mol. The normalized spacial score (nSPS) is 29.8. The average Bonchev–Trinajstić information content (AvgIpc) is 2.94. The first-order chi connectivity index (χ1) is 10.3. The van der Waals surface area contributed by atoms with Gasteiger partial charge in [0.25, 0.3) is 0 Å². The van der Waals surface area contributed by atoms with E-state index >= 15 is 0 Å². The highest BCUT2D eigenvalue weighted by atomic mass is 15.3. The fourth-order valence-corrected chi connectivity index (χ4v) is 4.33. The lowest BCUT2D eigenvalue weighted by Crippen LogP contribution is -2.54. The minimum absolute atomic E-state index is 0.688. The summed E-state index contributed by atoms with van der Waals surface area (Å²) in [5.41, 5.74) is 4.38. The Morgan fingerprint density at radius 2 is 2.19 bits per heavy atom. The first kappa shape index (κ1) is 13.6. The lowest BCUT2D eigenvalue weighted by molar-refractivity contribution is 0.0540. The van der Waals surface area contributed by atoms with Gasteiger partial charge in [-0.3, -0.25) is 9.80 Å². The molecule has 0 radical (unpaired) electrons. The summed E-state index contributed by atoms with van der Waals surface area (Å²) < 4.78 is 0. The van der Waals surface area contributed by atoms with E-state index in [0.717, 1.165) is 19.1 Å². The molecule has 3 heteroatoms. The maximum Gasteiger partial charge on any atom is 0.0372 e. The SMILES string of the molecule is CC1CN2CCCC2CN1Cc1ccc2c(c1)CCCN2. The Labute approximate surface area is 128 Å². The highest BCUT2D eigenvalue weighted by molar-refractivity contribution is 5.54. The molecule has 21 heavy (non-hydrogen) atoms. The van der Waals surface area contributed by atoms with Gasteiger partial charge in [-0.25, -0.2) is 0 Å². The van der Waals surface area contributed by atoms with Crippen molar-refractivity contribution in [2.75, 3.05) is 31.5 Å². The number of hydrogen-bond acceptors (Lipinski definition) is 3. The molecular formula is C18H27N3. The van der Waals surface area contributed by atoms with Gasteiger partial charge < -0.3 is 5.32 Å². The lowest BCUT2D eigenvalue weighted by Gasteiger charge is -2.42. The molecule has 2 saturated heterocycles. The van der Waals surface area contributed by atoms with E-state index in [2.05, 4.69) is 40.2 Å². The number of aryl methyl sites for hydroxylation is 1. The molecule has 3 aliphatic heterocycles. The van der Waals surface area contributed by atoms with Crippen molar-refractivity contribution in [2.24, 2.45) is 0 Å². The Kier molecular flexibility index (Phi) is 3.64. The fraction of sp³-hybridized carbons (Fsp3) is 0.667. The van der Waals surface area contributed by atoms with Gasteiger partial charge in [0.05, 0.1) is 0 Å². The van der Waals surface area contributed by atoms with Crippen molar-refractivity contribution in [1.82, 2.24) is 9.80 Å². The van der Waals surface area contributed by atoms with E-state index in [1.807, 2.05) is 0 Å². The van der Waals surface area contributed by atoms with Crippen molar-refractivity contribution in [3.63, 3.8) is 0 Å². The molecule has 4 rings (SSSR count). The van der Waals surface area contributed by atoms with Crippen LogP contribution in [0.25, 0.3) is 0 Å². The highest BCUT2D eigenvalue weighted by Crippen LogP contribution is 2.27. The second-order valence-corrected chi connectivity index (χ2v) is 7.09. The van der Waals surface area contributed by atoms with E-state index in [4.69, 9.17) is 0 Å². The van der Waals surface area contributed by atoms with Crippen LogP contribution in [0.2, 0.25) is 0 Å². The van der Waals surface area contributed by atoms with Gasteiger partial charge in [0.2, 0.25) is 0 Å². The van der Waals surface area contributed by atoms with Gasteiger partial charge in [-0.1, -0.05) is 12.1 Å². The third-order valence-electron chi connectivity index (χ3n) is 5.56. The standard InChI is InChI=1S/C18H27N3/c1-14-11-20-9-3-5-17(20)13-21(14)12-15-6-7-18-16(10-15)4-2-8-19-18/h6-7,10,14,17,19H,2-5,8-9,11-13H2,1H3. The van der Waals surface area contributed by atoms with Crippen LogP contribution in [0.1, 0.15) is 37.3 Å². The van der Waals surface area contributed by atoms with E-state index in [-0.39, 0.29) is 0 Å². The van der Waals surface area contributed by atoms with Crippen LogP contribution in [0.3, 0.4) is 0 Å². The summed E-state index contributed by atoms with van der Waals surface area (Å²) in [7, 11) is 0. The largest absolute Gasteiger partial charge is 0.385 e. The Morgan fingerprint density at radius 3 is 3.14 bits per heavy atom. The number of nitrogens with one attached hydrogen (secondary N) is 1. The zero-order valence-corrected chi connectivity index (χ0v) is 13.1. The second kappa shape index (κ2) is 5.62. The number of rotatable bonds is 2. The van der Waals surface area contributed by atoms with Gasteiger partial charge >= 0.3 is 0 Å². The third-order valence-corrected chi connectivity index (χ3v) is 5.56. The molecule has 0 aliphatic carbocycles. The van der Waals surface area contributed by atoms with Crippen molar-refractivity contribution in [3.05, 3.63) is 29.3 Å². The highest BCUT2D eigenvalue weighted by Gasteiger charge is 2.34. The lowest BCUT2D eigenvalue weighted by atomic mass is 9.99. The Hall–Kier alpha value is -1.06. The maximum atomic E-state index is 3.51. The van der Waals surface area contributed by atoms with Crippen LogP contribution in [-0.2, 0) is 13.0 Å². The Bertz CT molecular complexity index is 513. The van der Waals surface area contributed by atoms with E-state index in [1.165, 1.54) is 62.1 Å². The van der Waals surface area contributed by atoms with E-state index in [9.17, 15) is 0 Å². The molecule has 2 fully saturated rings. The summed E-state index contributed by atoms with van der Waals surface area (Å²) in [4.78, 5) is 5.41. The molecule has 2 unspecified atom stereocenters. The molecule has 0 bridgehead atoms. The van der Waals surface area contributed by atoms with Crippen LogP contribution in [0.4, 0.5) is 5.69 Å². The van der Waals surface area contributed by atoms with Crippen molar-refractivity contribution in [2.45, 2.75) is 51.2 Å². The first-order valence-electron chi connectivity index (χ1n) is 8.63. The number of nitrogens with zero attached hydrogens (tertiary/aromatic N) is 2. The predicted molar refractivity (Wildman–Crippen MR) is 87.7 cm³/mol. The van der Waals surface area contributed by atoms with Crippen molar-refractivity contribution in [1.29, 1.82) is 0 Å². The maximum absolute atomic E-state index is 3.51. The number of piperazine rings is 1. The molecule has 0 amide bonds. The molecule has 2 atom stereocenters. The zero-order chi connectivity index (χ0) is 14.2. The summed E-state index contributed by atoms with van der Waals surface area (Å²) in [6.07, 6.45) is 5.31. The smallest absolute Gasteiger partial charge is 0.0372 e. The number of hydrogen-bond donors (Lipinski definition) is 1. The topological polar surface area (TPSA) is 18.5 Å².